The first-order chi connectivity index (χ1) is 8.13. The number of carboxylic acids is 2. The molecule has 2 heterocycles. The van der Waals surface area contributed by atoms with E-state index in [0.29, 0.717) is 0 Å². The van der Waals surface area contributed by atoms with Gasteiger partial charge in [0.1, 0.15) is 0 Å². The maximum atomic E-state index is 10.4. The quantitative estimate of drug-likeness (QED) is 0.730. The van der Waals surface area contributed by atoms with Gasteiger partial charge < -0.3 is 15.2 Å². The Kier molecular flexibility index (Phi) is 4.44. The Morgan fingerprint density at radius 1 is 1.06 bits per heavy atom. The van der Waals surface area contributed by atoms with Crippen LogP contribution in [-0.2, 0) is 0 Å². The zero-order valence-corrected chi connectivity index (χ0v) is 8.70. The number of pyridine rings is 1. The second-order valence-electron chi connectivity index (χ2n) is 2.89. The van der Waals surface area contributed by atoms with Crippen molar-refractivity contribution >= 4 is 11.9 Å². The molecule has 0 saturated carbocycles. The monoisotopic (exact) mass is 234 g/mol. The third-order valence-electron chi connectivity index (χ3n) is 1.74. The molecule has 0 unspecified atom stereocenters. The standard InChI is InChI=1S/C7H5NO4.C4H5N/c9-6(10)4-2-1-3-8-5(4)7(11)12;1-2-4-5-3-1/h1-3H,(H,9,10)(H,11,12);1-5H. The summed E-state index contributed by atoms with van der Waals surface area (Å²) >= 11 is 0. The molecule has 0 fully saturated rings. The Bertz CT molecular complexity index is 444. The first kappa shape index (κ1) is 12.4. The summed E-state index contributed by atoms with van der Waals surface area (Å²) in [5, 5.41) is 17.0. The molecule has 2 rings (SSSR count). The molecule has 0 aliphatic rings. The normalized spacial score (nSPS) is 8.94. The van der Waals surface area contributed by atoms with Crippen molar-refractivity contribution in [3.05, 3.63) is 54.1 Å². The van der Waals surface area contributed by atoms with E-state index >= 15 is 0 Å². The number of carboxylic acid groups (broad SMARTS) is 2. The summed E-state index contributed by atoms with van der Waals surface area (Å²) in [7, 11) is 0. The zero-order valence-electron chi connectivity index (χ0n) is 8.70. The van der Waals surface area contributed by atoms with Crippen LogP contribution in [0.25, 0.3) is 0 Å². The maximum Gasteiger partial charge on any atom is 0.355 e. The molecule has 0 amide bonds. The average Bonchev–Trinajstić information content (AvgIpc) is 2.87. The van der Waals surface area contributed by atoms with Crippen molar-refractivity contribution in [1.82, 2.24) is 9.97 Å². The summed E-state index contributed by atoms with van der Waals surface area (Å²) in [5.74, 6) is -2.63. The molecule has 0 atom stereocenters. The van der Waals surface area contributed by atoms with Gasteiger partial charge in [0.25, 0.3) is 0 Å². The molecular formula is C11H10N2O4. The maximum absolute atomic E-state index is 10.4. The van der Waals surface area contributed by atoms with Crippen LogP contribution in [0.3, 0.4) is 0 Å². The molecule has 0 aromatic carbocycles. The molecule has 2 aromatic rings. The van der Waals surface area contributed by atoms with Gasteiger partial charge in [-0.15, -0.1) is 0 Å². The fourth-order valence-electron chi connectivity index (χ4n) is 1.03. The Morgan fingerprint density at radius 2 is 1.71 bits per heavy atom. The number of nitrogens with one attached hydrogen (secondary N) is 1. The van der Waals surface area contributed by atoms with Gasteiger partial charge in [-0.1, -0.05) is 0 Å². The number of rotatable bonds is 2. The van der Waals surface area contributed by atoms with Crippen molar-refractivity contribution in [2.45, 2.75) is 0 Å². The molecule has 0 saturated heterocycles. The van der Waals surface area contributed by atoms with Crippen LogP contribution in [0.5, 0.6) is 0 Å². The van der Waals surface area contributed by atoms with Gasteiger partial charge in [-0.3, -0.25) is 0 Å². The largest absolute Gasteiger partial charge is 0.478 e. The van der Waals surface area contributed by atoms with E-state index in [-0.39, 0.29) is 5.56 Å². The molecule has 0 aliphatic carbocycles. The topological polar surface area (TPSA) is 103 Å². The number of nitrogens with zero attached hydrogens (tertiary/aromatic N) is 1. The van der Waals surface area contributed by atoms with E-state index in [1.165, 1.54) is 18.3 Å². The number of aromatic amines is 1. The summed E-state index contributed by atoms with van der Waals surface area (Å²) in [5.41, 5.74) is -0.741. The van der Waals surface area contributed by atoms with Crippen LogP contribution in [0, 0.1) is 0 Å². The lowest BCUT2D eigenvalue weighted by molar-refractivity contribution is 0.0646. The molecule has 2 aromatic heterocycles. The van der Waals surface area contributed by atoms with Crippen LogP contribution >= 0.6 is 0 Å². The van der Waals surface area contributed by atoms with Crippen LogP contribution in [0.2, 0.25) is 0 Å². The van der Waals surface area contributed by atoms with Crippen molar-refractivity contribution in [2.24, 2.45) is 0 Å². The van der Waals surface area contributed by atoms with Gasteiger partial charge in [-0.2, -0.15) is 0 Å². The molecular weight excluding hydrogens is 224 g/mol. The number of aromatic carboxylic acids is 2. The third kappa shape index (κ3) is 3.78. The molecule has 0 spiro atoms. The average molecular weight is 234 g/mol. The number of aromatic nitrogens is 2. The highest BCUT2D eigenvalue weighted by Gasteiger charge is 2.15. The van der Waals surface area contributed by atoms with E-state index in [1.807, 2.05) is 24.5 Å². The van der Waals surface area contributed by atoms with Crippen molar-refractivity contribution < 1.29 is 19.8 Å². The molecule has 3 N–H and O–H groups in total. The van der Waals surface area contributed by atoms with Gasteiger partial charge in [-0.05, 0) is 24.3 Å². The van der Waals surface area contributed by atoms with Gasteiger partial charge in [0.15, 0.2) is 5.69 Å². The minimum absolute atomic E-state index is 0.301. The highest BCUT2D eigenvalue weighted by molar-refractivity contribution is 5.99. The minimum atomic E-state index is -1.34. The summed E-state index contributed by atoms with van der Waals surface area (Å²) in [6.07, 6.45) is 4.98. The fourth-order valence-corrected chi connectivity index (χ4v) is 1.03. The SMILES string of the molecule is O=C(O)c1cccnc1C(=O)O.c1cc[nH]c1. The first-order valence-electron chi connectivity index (χ1n) is 4.62. The molecule has 0 radical (unpaired) electrons. The fraction of sp³-hybridized carbons (Fsp3) is 0. The second-order valence-corrected chi connectivity index (χ2v) is 2.89. The van der Waals surface area contributed by atoms with Crippen molar-refractivity contribution in [2.75, 3.05) is 0 Å². The van der Waals surface area contributed by atoms with Crippen LogP contribution in [0.1, 0.15) is 20.8 Å². The third-order valence-corrected chi connectivity index (χ3v) is 1.74. The number of hydrogen-bond acceptors (Lipinski definition) is 3. The van der Waals surface area contributed by atoms with Gasteiger partial charge in [0.2, 0.25) is 0 Å². The van der Waals surface area contributed by atoms with E-state index in [0.717, 1.165) is 0 Å². The molecule has 0 bridgehead atoms. The van der Waals surface area contributed by atoms with Crippen LogP contribution < -0.4 is 0 Å². The smallest absolute Gasteiger partial charge is 0.355 e. The Balaban J connectivity index is 0.000000239. The lowest BCUT2D eigenvalue weighted by atomic mass is 10.2. The molecule has 88 valence electrons. The van der Waals surface area contributed by atoms with Crippen LogP contribution in [0.15, 0.2) is 42.9 Å². The Labute approximate surface area is 96.6 Å². The number of H-pyrrole nitrogens is 1. The number of carbonyl (C=O) groups is 2. The molecule has 6 nitrogen and oxygen atoms in total. The first-order valence-corrected chi connectivity index (χ1v) is 4.62. The van der Waals surface area contributed by atoms with Crippen molar-refractivity contribution in [1.29, 1.82) is 0 Å². The predicted octanol–water partition coefficient (Wildman–Crippen LogP) is 1.49. The highest BCUT2D eigenvalue weighted by atomic mass is 16.4. The summed E-state index contributed by atoms with van der Waals surface area (Å²) in [4.78, 5) is 27.1. The lowest BCUT2D eigenvalue weighted by Gasteiger charge is -1.97. The predicted molar refractivity (Wildman–Crippen MR) is 58.9 cm³/mol. The summed E-state index contributed by atoms with van der Waals surface area (Å²) < 4.78 is 0. The highest BCUT2D eigenvalue weighted by Crippen LogP contribution is 2.04. The number of hydrogen-bond donors (Lipinski definition) is 3. The molecule has 0 aliphatic heterocycles. The van der Waals surface area contributed by atoms with Crippen LogP contribution in [0.4, 0.5) is 0 Å². The summed E-state index contributed by atoms with van der Waals surface area (Å²) in [6, 6.07) is 6.45. The van der Waals surface area contributed by atoms with E-state index in [2.05, 4.69) is 9.97 Å². The Hall–Kier alpha value is -2.63. The van der Waals surface area contributed by atoms with Gasteiger partial charge >= 0.3 is 11.9 Å². The Morgan fingerprint density at radius 3 is 2.06 bits per heavy atom. The second kappa shape index (κ2) is 6.06. The van der Waals surface area contributed by atoms with E-state index in [1.54, 1.807) is 0 Å². The van der Waals surface area contributed by atoms with E-state index in [9.17, 15) is 9.59 Å². The van der Waals surface area contributed by atoms with Gasteiger partial charge in [0.05, 0.1) is 5.56 Å². The minimum Gasteiger partial charge on any atom is -0.478 e. The zero-order chi connectivity index (χ0) is 12.7. The van der Waals surface area contributed by atoms with Gasteiger partial charge in [-0.25, -0.2) is 14.6 Å². The lowest BCUT2D eigenvalue weighted by Crippen LogP contribution is -2.09. The van der Waals surface area contributed by atoms with Gasteiger partial charge in [0, 0.05) is 18.6 Å². The van der Waals surface area contributed by atoms with Crippen molar-refractivity contribution in [3.8, 4) is 0 Å². The molecule has 17 heavy (non-hydrogen) atoms. The van der Waals surface area contributed by atoms with Crippen LogP contribution in [-0.4, -0.2) is 32.1 Å². The molecule has 6 heteroatoms. The summed E-state index contributed by atoms with van der Waals surface area (Å²) in [6.45, 7) is 0. The van der Waals surface area contributed by atoms with Crippen molar-refractivity contribution in [3.63, 3.8) is 0 Å². The van der Waals surface area contributed by atoms with E-state index < -0.39 is 17.6 Å². The van der Waals surface area contributed by atoms with E-state index in [4.69, 9.17) is 10.2 Å².